The lowest BCUT2D eigenvalue weighted by molar-refractivity contribution is -0.135. The topological polar surface area (TPSA) is 107 Å². The van der Waals surface area contributed by atoms with Crippen molar-refractivity contribution in [1.29, 1.82) is 0 Å². The van der Waals surface area contributed by atoms with Crippen LogP contribution in [0.3, 0.4) is 0 Å². The van der Waals surface area contributed by atoms with E-state index >= 15 is 0 Å². The van der Waals surface area contributed by atoms with Crippen LogP contribution in [-0.2, 0) is 19.6 Å². The molecule has 1 spiro atoms. The normalized spacial score (nSPS) is 23.7. The van der Waals surface area contributed by atoms with E-state index in [0.29, 0.717) is 25.9 Å². The minimum absolute atomic E-state index is 0.0505. The molecule has 1 saturated carbocycles. The van der Waals surface area contributed by atoms with E-state index in [0.717, 1.165) is 19.3 Å². The number of rotatable bonds is 5. The Balaban J connectivity index is 1.51. The van der Waals surface area contributed by atoms with Gasteiger partial charge in [-0.05, 0) is 19.8 Å². The molecule has 0 aromatic carbocycles. The Morgan fingerprint density at radius 1 is 1.07 bits per heavy atom. The Morgan fingerprint density at radius 2 is 1.70 bits per heavy atom. The zero-order chi connectivity index (χ0) is 19.7. The van der Waals surface area contributed by atoms with Crippen LogP contribution in [0.25, 0.3) is 0 Å². The number of carbonyl (C=O) groups excluding carboxylic acids is 3. The number of imide groups is 1. The van der Waals surface area contributed by atoms with Crippen molar-refractivity contribution in [2.24, 2.45) is 0 Å². The van der Waals surface area contributed by atoms with E-state index in [-0.39, 0.29) is 43.6 Å². The van der Waals surface area contributed by atoms with Crippen LogP contribution in [-0.4, -0.2) is 84.4 Å². The smallest absolute Gasteiger partial charge is 0.325 e. The maximum atomic E-state index is 12.7. The molecule has 0 unspecified atom stereocenters. The molecule has 0 aromatic rings. The summed E-state index contributed by atoms with van der Waals surface area (Å²) in [4.78, 5) is 40.2. The predicted octanol–water partition coefficient (Wildman–Crippen LogP) is 0.125. The molecule has 10 heteroatoms. The van der Waals surface area contributed by atoms with Gasteiger partial charge in [0.2, 0.25) is 15.9 Å². The molecule has 4 amide bonds. The lowest BCUT2D eigenvalue weighted by atomic mass is 9.82. The Morgan fingerprint density at radius 3 is 2.30 bits per heavy atom. The van der Waals surface area contributed by atoms with Gasteiger partial charge in [0, 0.05) is 39.1 Å². The maximum Gasteiger partial charge on any atom is 0.325 e. The van der Waals surface area contributed by atoms with E-state index < -0.39 is 21.6 Å². The van der Waals surface area contributed by atoms with Crippen molar-refractivity contribution in [2.75, 3.05) is 38.5 Å². The second-order valence-corrected chi connectivity index (χ2v) is 9.72. The van der Waals surface area contributed by atoms with Crippen molar-refractivity contribution in [1.82, 2.24) is 19.4 Å². The minimum Gasteiger partial charge on any atom is -0.340 e. The van der Waals surface area contributed by atoms with Gasteiger partial charge < -0.3 is 10.2 Å². The van der Waals surface area contributed by atoms with Crippen molar-refractivity contribution in [3.8, 4) is 0 Å². The van der Waals surface area contributed by atoms with E-state index in [1.807, 2.05) is 0 Å². The second kappa shape index (κ2) is 7.75. The van der Waals surface area contributed by atoms with Crippen LogP contribution < -0.4 is 5.32 Å². The van der Waals surface area contributed by atoms with E-state index in [1.165, 1.54) is 9.21 Å². The Hall–Kier alpha value is -1.68. The molecule has 2 heterocycles. The summed E-state index contributed by atoms with van der Waals surface area (Å²) in [5, 5.41) is 2.84. The lowest BCUT2D eigenvalue weighted by Gasteiger charge is -2.34. The van der Waals surface area contributed by atoms with Gasteiger partial charge in [0.15, 0.2) is 0 Å². The highest BCUT2D eigenvalue weighted by Crippen LogP contribution is 2.33. The molecule has 2 aliphatic heterocycles. The third-order valence-corrected chi connectivity index (χ3v) is 7.73. The second-order valence-electron chi connectivity index (χ2n) is 7.46. The Bertz CT molecular complexity index is 709. The van der Waals surface area contributed by atoms with Gasteiger partial charge in [-0.25, -0.2) is 13.2 Å². The Labute approximate surface area is 160 Å². The van der Waals surface area contributed by atoms with Crippen molar-refractivity contribution in [3.05, 3.63) is 0 Å². The summed E-state index contributed by atoms with van der Waals surface area (Å²) in [6.07, 6.45) is 4.30. The minimum atomic E-state index is -3.24. The molecule has 1 N–H and O–H groups in total. The third-order valence-electron chi connectivity index (χ3n) is 5.85. The molecular formula is C17H28N4O5S. The molecule has 27 heavy (non-hydrogen) atoms. The van der Waals surface area contributed by atoms with Crippen molar-refractivity contribution >= 4 is 27.9 Å². The van der Waals surface area contributed by atoms with Gasteiger partial charge in [-0.1, -0.05) is 19.3 Å². The van der Waals surface area contributed by atoms with Crippen LogP contribution in [0.15, 0.2) is 0 Å². The average Bonchev–Trinajstić information content (AvgIpc) is 2.90. The predicted molar refractivity (Wildman–Crippen MR) is 98.3 cm³/mol. The van der Waals surface area contributed by atoms with Crippen molar-refractivity contribution in [3.63, 3.8) is 0 Å². The standard InChI is InChI=1S/C17H28N4O5S/c1-2-27(25,26)20-12-10-19(11-13-20)14(22)6-9-21-15(23)17(18-16(21)24)7-4-3-5-8-17/h2-13H2,1H3,(H,18,24). The fraction of sp³-hybridized carbons (Fsp3) is 0.824. The van der Waals surface area contributed by atoms with Crippen LogP contribution in [0.2, 0.25) is 0 Å². The number of hydrogen-bond donors (Lipinski definition) is 1. The molecule has 3 rings (SSSR count). The van der Waals surface area contributed by atoms with Crippen LogP contribution in [0.5, 0.6) is 0 Å². The number of piperazine rings is 1. The highest BCUT2D eigenvalue weighted by molar-refractivity contribution is 7.89. The Kier molecular flexibility index (Phi) is 5.76. The van der Waals surface area contributed by atoms with E-state index in [2.05, 4.69) is 5.32 Å². The van der Waals surface area contributed by atoms with Crippen molar-refractivity contribution < 1.29 is 22.8 Å². The molecule has 1 aliphatic carbocycles. The summed E-state index contributed by atoms with van der Waals surface area (Å²) < 4.78 is 25.2. The molecule has 0 aromatic heterocycles. The first-order valence-corrected chi connectivity index (χ1v) is 11.3. The molecule has 3 aliphatic rings. The summed E-state index contributed by atoms with van der Waals surface area (Å²) >= 11 is 0. The fourth-order valence-electron chi connectivity index (χ4n) is 4.14. The maximum absolute atomic E-state index is 12.7. The fourth-order valence-corrected chi connectivity index (χ4v) is 5.22. The molecular weight excluding hydrogens is 372 g/mol. The zero-order valence-electron chi connectivity index (χ0n) is 15.8. The number of urea groups is 1. The van der Waals surface area contributed by atoms with Gasteiger partial charge in [0.25, 0.3) is 5.91 Å². The molecule has 9 nitrogen and oxygen atoms in total. The summed E-state index contributed by atoms with van der Waals surface area (Å²) in [5.41, 5.74) is -0.765. The molecule has 2 saturated heterocycles. The quantitative estimate of drug-likeness (QED) is 0.660. The summed E-state index contributed by atoms with van der Waals surface area (Å²) in [7, 11) is -3.24. The third kappa shape index (κ3) is 3.96. The van der Waals surface area contributed by atoms with Gasteiger partial charge in [-0.15, -0.1) is 0 Å². The van der Waals surface area contributed by atoms with Crippen LogP contribution in [0.4, 0.5) is 4.79 Å². The molecule has 0 bridgehead atoms. The van der Waals surface area contributed by atoms with Gasteiger partial charge >= 0.3 is 6.03 Å². The van der Waals surface area contributed by atoms with E-state index in [1.54, 1.807) is 11.8 Å². The molecule has 0 atom stereocenters. The van der Waals surface area contributed by atoms with Crippen LogP contribution in [0, 0.1) is 0 Å². The number of carbonyl (C=O) groups is 3. The van der Waals surface area contributed by atoms with E-state index in [9.17, 15) is 22.8 Å². The van der Waals surface area contributed by atoms with Gasteiger partial charge in [-0.3, -0.25) is 14.5 Å². The number of nitrogens with zero attached hydrogens (tertiary/aromatic N) is 3. The first-order valence-electron chi connectivity index (χ1n) is 9.69. The van der Waals surface area contributed by atoms with Gasteiger partial charge in [0.1, 0.15) is 5.54 Å². The number of nitrogens with one attached hydrogen (secondary N) is 1. The van der Waals surface area contributed by atoms with Crippen LogP contribution in [0.1, 0.15) is 45.4 Å². The average molecular weight is 401 g/mol. The highest BCUT2D eigenvalue weighted by Gasteiger charge is 2.51. The van der Waals surface area contributed by atoms with Crippen LogP contribution >= 0.6 is 0 Å². The van der Waals surface area contributed by atoms with Gasteiger partial charge in [0.05, 0.1) is 5.75 Å². The SMILES string of the molecule is CCS(=O)(=O)N1CCN(C(=O)CCN2C(=O)NC3(CCCCC3)C2=O)CC1. The largest absolute Gasteiger partial charge is 0.340 e. The first-order chi connectivity index (χ1) is 12.8. The number of hydrogen-bond acceptors (Lipinski definition) is 5. The summed E-state index contributed by atoms with van der Waals surface area (Å²) in [6, 6.07) is -0.409. The molecule has 3 fully saturated rings. The molecule has 152 valence electrons. The number of sulfonamides is 1. The highest BCUT2D eigenvalue weighted by atomic mass is 32.2. The van der Waals surface area contributed by atoms with Crippen molar-refractivity contribution in [2.45, 2.75) is 51.0 Å². The zero-order valence-corrected chi connectivity index (χ0v) is 16.6. The summed E-state index contributed by atoms with van der Waals surface area (Å²) in [6.45, 7) is 2.91. The van der Waals surface area contributed by atoms with Gasteiger partial charge in [-0.2, -0.15) is 4.31 Å². The number of amides is 4. The summed E-state index contributed by atoms with van der Waals surface area (Å²) in [5.74, 6) is -0.317. The monoisotopic (exact) mass is 400 g/mol. The first kappa shape index (κ1) is 20.1. The lowest BCUT2D eigenvalue weighted by Crippen LogP contribution is -2.51. The van der Waals surface area contributed by atoms with E-state index in [4.69, 9.17) is 0 Å². The molecule has 0 radical (unpaired) electrons.